The van der Waals surface area contributed by atoms with Crippen LogP contribution in [0.1, 0.15) is 19.8 Å². The Kier molecular flexibility index (Phi) is 5.41. The summed E-state index contributed by atoms with van der Waals surface area (Å²) < 4.78 is 14.1. The zero-order valence-corrected chi connectivity index (χ0v) is 12.4. The lowest BCUT2D eigenvalue weighted by atomic mass is 10.1. The van der Waals surface area contributed by atoms with E-state index < -0.39 is 0 Å². The molecular weight excluding hydrogens is 285 g/mol. The van der Waals surface area contributed by atoms with Crippen LogP contribution in [0.15, 0.2) is 41.5 Å². The van der Waals surface area contributed by atoms with Crippen LogP contribution in [0.2, 0.25) is 0 Å². The van der Waals surface area contributed by atoms with Crippen LogP contribution < -0.4 is 10.9 Å². The fourth-order valence-corrected chi connectivity index (χ4v) is 1.94. The molecule has 0 unspecified atom stereocenters. The minimum atomic E-state index is -0.346. The highest BCUT2D eigenvalue weighted by Gasteiger charge is 2.07. The maximum atomic E-state index is 12.9. The molecule has 22 heavy (non-hydrogen) atoms. The van der Waals surface area contributed by atoms with Gasteiger partial charge in [-0.2, -0.15) is 0 Å². The normalized spacial score (nSPS) is 10.5. The molecule has 1 amide bonds. The molecule has 0 spiro atoms. The summed E-state index contributed by atoms with van der Waals surface area (Å²) in [7, 11) is 0. The third-order valence-corrected chi connectivity index (χ3v) is 3.19. The lowest BCUT2D eigenvalue weighted by Crippen LogP contribution is -2.32. The van der Waals surface area contributed by atoms with Crippen molar-refractivity contribution in [2.45, 2.75) is 26.3 Å². The standard InChI is InChI=1S/C16H18FN3O2/c1-2-3-8-18-15(21)10-20-11-19-14(9-16(20)22)12-4-6-13(17)7-5-12/h4-7,9,11H,2-3,8,10H2,1H3,(H,18,21). The number of benzene rings is 1. The minimum Gasteiger partial charge on any atom is -0.355 e. The number of hydrogen-bond donors (Lipinski definition) is 1. The zero-order chi connectivity index (χ0) is 15.9. The summed E-state index contributed by atoms with van der Waals surface area (Å²) in [4.78, 5) is 27.9. The Morgan fingerprint density at radius 3 is 2.68 bits per heavy atom. The van der Waals surface area contributed by atoms with E-state index in [9.17, 15) is 14.0 Å². The number of carbonyl (C=O) groups excluding carboxylic acids is 1. The molecule has 0 radical (unpaired) electrons. The summed E-state index contributed by atoms with van der Waals surface area (Å²) in [5.41, 5.74) is 0.783. The van der Waals surface area contributed by atoms with Crippen molar-refractivity contribution >= 4 is 5.91 Å². The summed E-state index contributed by atoms with van der Waals surface area (Å²) in [6.07, 6.45) is 3.23. The number of carbonyl (C=O) groups is 1. The molecule has 0 aliphatic heterocycles. The highest BCUT2D eigenvalue weighted by molar-refractivity contribution is 5.75. The Morgan fingerprint density at radius 2 is 2.05 bits per heavy atom. The summed E-state index contributed by atoms with van der Waals surface area (Å²) in [5.74, 6) is -0.562. The number of halogens is 1. The van der Waals surface area contributed by atoms with E-state index in [-0.39, 0.29) is 23.8 Å². The van der Waals surface area contributed by atoms with Crippen molar-refractivity contribution in [1.29, 1.82) is 0 Å². The predicted molar refractivity (Wildman–Crippen MR) is 81.8 cm³/mol. The lowest BCUT2D eigenvalue weighted by molar-refractivity contribution is -0.121. The van der Waals surface area contributed by atoms with Crippen molar-refractivity contribution in [1.82, 2.24) is 14.9 Å². The van der Waals surface area contributed by atoms with E-state index in [1.165, 1.54) is 29.1 Å². The second-order valence-electron chi connectivity index (χ2n) is 4.95. The summed E-state index contributed by atoms with van der Waals surface area (Å²) in [6, 6.07) is 7.07. The molecule has 6 heteroatoms. The third kappa shape index (κ3) is 4.25. The zero-order valence-electron chi connectivity index (χ0n) is 12.4. The molecule has 2 rings (SSSR count). The van der Waals surface area contributed by atoms with Crippen molar-refractivity contribution in [3.05, 3.63) is 52.8 Å². The number of unbranched alkanes of at least 4 members (excludes halogenated alkanes) is 1. The van der Waals surface area contributed by atoms with Gasteiger partial charge in [0, 0.05) is 18.2 Å². The average Bonchev–Trinajstić information content (AvgIpc) is 2.50. The molecule has 0 aliphatic carbocycles. The van der Waals surface area contributed by atoms with Gasteiger partial charge in [0.2, 0.25) is 5.91 Å². The molecule has 1 heterocycles. The maximum absolute atomic E-state index is 12.9. The van der Waals surface area contributed by atoms with Gasteiger partial charge < -0.3 is 5.32 Å². The van der Waals surface area contributed by atoms with Gasteiger partial charge in [0.1, 0.15) is 12.4 Å². The molecule has 0 saturated carbocycles. The Morgan fingerprint density at radius 1 is 1.32 bits per heavy atom. The van der Waals surface area contributed by atoms with Crippen LogP contribution in [0.5, 0.6) is 0 Å². The van der Waals surface area contributed by atoms with E-state index in [2.05, 4.69) is 10.3 Å². The van der Waals surface area contributed by atoms with Gasteiger partial charge in [0.05, 0.1) is 12.0 Å². The minimum absolute atomic E-state index is 0.0563. The van der Waals surface area contributed by atoms with Gasteiger partial charge in [0.25, 0.3) is 5.56 Å². The van der Waals surface area contributed by atoms with E-state index >= 15 is 0 Å². The molecule has 1 N–H and O–H groups in total. The van der Waals surface area contributed by atoms with Crippen LogP contribution >= 0.6 is 0 Å². The first-order valence-corrected chi connectivity index (χ1v) is 7.19. The number of rotatable bonds is 6. The van der Waals surface area contributed by atoms with Gasteiger partial charge in [0.15, 0.2) is 0 Å². The highest BCUT2D eigenvalue weighted by Crippen LogP contribution is 2.14. The van der Waals surface area contributed by atoms with E-state index in [0.717, 1.165) is 12.8 Å². The van der Waals surface area contributed by atoms with Gasteiger partial charge in [-0.25, -0.2) is 9.37 Å². The van der Waals surface area contributed by atoms with E-state index in [4.69, 9.17) is 0 Å². The molecule has 2 aromatic rings. The Bertz CT molecular complexity index is 695. The third-order valence-electron chi connectivity index (χ3n) is 3.19. The van der Waals surface area contributed by atoms with Gasteiger partial charge in [-0.05, 0) is 30.7 Å². The van der Waals surface area contributed by atoms with Gasteiger partial charge >= 0.3 is 0 Å². The van der Waals surface area contributed by atoms with Crippen molar-refractivity contribution in [2.75, 3.05) is 6.54 Å². The van der Waals surface area contributed by atoms with Crippen LogP contribution in [-0.4, -0.2) is 22.0 Å². The van der Waals surface area contributed by atoms with Crippen molar-refractivity contribution in [3.8, 4) is 11.3 Å². The van der Waals surface area contributed by atoms with Crippen molar-refractivity contribution < 1.29 is 9.18 Å². The molecule has 0 saturated heterocycles. The van der Waals surface area contributed by atoms with Crippen LogP contribution in [-0.2, 0) is 11.3 Å². The van der Waals surface area contributed by atoms with Gasteiger partial charge in [-0.15, -0.1) is 0 Å². The number of nitrogens with zero attached hydrogens (tertiary/aromatic N) is 2. The molecule has 1 aromatic heterocycles. The van der Waals surface area contributed by atoms with Crippen molar-refractivity contribution in [3.63, 3.8) is 0 Å². The maximum Gasteiger partial charge on any atom is 0.254 e. The Balaban J connectivity index is 2.08. The lowest BCUT2D eigenvalue weighted by Gasteiger charge is -2.07. The molecule has 0 fully saturated rings. The molecule has 5 nitrogen and oxygen atoms in total. The van der Waals surface area contributed by atoms with Crippen LogP contribution in [0.4, 0.5) is 4.39 Å². The molecule has 0 aliphatic rings. The first-order chi connectivity index (χ1) is 10.6. The molecule has 1 aromatic carbocycles. The Labute approximate surface area is 127 Å². The summed E-state index contributed by atoms with van der Waals surface area (Å²) in [6.45, 7) is 2.58. The van der Waals surface area contributed by atoms with E-state index in [1.54, 1.807) is 12.1 Å². The monoisotopic (exact) mass is 303 g/mol. The number of aromatic nitrogens is 2. The Hall–Kier alpha value is -2.50. The quantitative estimate of drug-likeness (QED) is 0.830. The van der Waals surface area contributed by atoms with Crippen molar-refractivity contribution in [2.24, 2.45) is 0 Å². The molecule has 0 bridgehead atoms. The fourth-order valence-electron chi connectivity index (χ4n) is 1.94. The molecule has 0 atom stereocenters. The van der Waals surface area contributed by atoms with E-state index in [0.29, 0.717) is 17.8 Å². The smallest absolute Gasteiger partial charge is 0.254 e. The van der Waals surface area contributed by atoms with Crippen LogP contribution in [0, 0.1) is 5.82 Å². The first-order valence-electron chi connectivity index (χ1n) is 7.19. The average molecular weight is 303 g/mol. The summed E-state index contributed by atoms with van der Waals surface area (Å²) in [5, 5.41) is 2.74. The second kappa shape index (κ2) is 7.49. The second-order valence-corrected chi connectivity index (χ2v) is 4.95. The van der Waals surface area contributed by atoms with Gasteiger partial charge in [-0.3, -0.25) is 14.2 Å². The van der Waals surface area contributed by atoms with Crippen LogP contribution in [0.3, 0.4) is 0 Å². The molecule has 116 valence electrons. The SMILES string of the molecule is CCCCNC(=O)Cn1cnc(-c2ccc(F)cc2)cc1=O. The highest BCUT2D eigenvalue weighted by atomic mass is 19.1. The predicted octanol–water partition coefficient (Wildman–Crippen LogP) is 1.97. The topological polar surface area (TPSA) is 64.0 Å². The van der Waals surface area contributed by atoms with E-state index in [1.807, 2.05) is 6.92 Å². The van der Waals surface area contributed by atoms with Gasteiger partial charge in [-0.1, -0.05) is 13.3 Å². The summed E-state index contributed by atoms with van der Waals surface area (Å²) >= 11 is 0. The van der Waals surface area contributed by atoms with Crippen LogP contribution in [0.25, 0.3) is 11.3 Å². The number of hydrogen-bond acceptors (Lipinski definition) is 3. The molecular formula is C16H18FN3O2. The number of nitrogens with one attached hydrogen (secondary N) is 1. The number of amides is 1. The first kappa shape index (κ1) is 15.9. The largest absolute Gasteiger partial charge is 0.355 e. The fraction of sp³-hybridized carbons (Fsp3) is 0.312.